The van der Waals surface area contributed by atoms with Crippen LogP contribution in [0.2, 0.25) is 0 Å². The van der Waals surface area contributed by atoms with Crippen molar-refractivity contribution in [2.75, 3.05) is 6.61 Å². The average Bonchev–Trinajstić information content (AvgIpc) is 3.39. The third kappa shape index (κ3) is 3.98. The van der Waals surface area contributed by atoms with Gasteiger partial charge in [0.2, 0.25) is 0 Å². The fourth-order valence-corrected chi connectivity index (χ4v) is 6.83. The number of alkyl carbamates (subject to hydrolysis) is 1. The number of carbonyl (C=O) groups is 1. The Bertz CT molecular complexity index is 837. The fourth-order valence-electron chi connectivity index (χ4n) is 6.83. The van der Waals surface area contributed by atoms with Crippen molar-refractivity contribution >= 4 is 13.2 Å². The third-order valence-electron chi connectivity index (χ3n) is 9.10. The van der Waals surface area contributed by atoms with Crippen molar-refractivity contribution in [1.29, 1.82) is 0 Å². The molecule has 1 aromatic rings. The lowest BCUT2D eigenvalue weighted by molar-refractivity contribution is -0.199. The van der Waals surface area contributed by atoms with Gasteiger partial charge < -0.3 is 19.4 Å². The van der Waals surface area contributed by atoms with Crippen LogP contribution >= 0.6 is 0 Å². The van der Waals surface area contributed by atoms with Crippen LogP contribution in [0.25, 0.3) is 0 Å². The van der Waals surface area contributed by atoms with Crippen LogP contribution in [0.1, 0.15) is 70.4 Å². The van der Waals surface area contributed by atoms with E-state index in [1.54, 1.807) is 0 Å². The summed E-state index contributed by atoms with van der Waals surface area (Å²) in [5.74, 6) is 1.42. The molecule has 5 fully saturated rings. The van der Waals surface area contributed by atoms with Crippen LogP contribution in [0.4, 0.5) is 4.79 Å². The van der Waals surface area contributed by atoms with Crippen LogP contribution < -0.4 is 5.32 Å². The van der Waals surface area contributed by atoms with E-state index in [-0.39, 0.29) is 23.7 Å². The van der Waals surface area contributed by atoms with Crippen molar-refractivity contribution in [1.82, 2.24) is 5.32 Å². The monoisotopic (exact) mass is 439 g/mol. The van der Waals surface area contributed by atoms with Crippen LogP contribution in [-0.4, -0.2) is 37.5 Å². The third-order valence-corrected chi connectivity index (χ3v) is 9.10. The molecule has 0 radical (unpaired) electrons. The smallest absolute Gasteiger partial charge is 0.449 e. The van der Waals surface area contributed by atoms with Crippen molar-refractivity contribution in [3.8, 4) is 0 Å². The van der Waals surface area contributed by atoms with Crippen LogP contribution in [-0.2, 0) is 20.5 Å². The Hall–Kier alpha value is -1.53. The number of aryl methyl sites for hydroxylation is 1. The number of amides is 1. The molecule has 0 unspecified atom stereocenters. The van der Waals surface area contributed by atoms with Crippen LogP contribution in [0.5, 0.6) is 0 Å². The van der Waals surface area contributed by atoms with E-state index in [2.05, 4.69) is 57.3 Å². The van der Waals surface area contributed by atoms with Gasteiger partial charge in [-0.1, -0.05) is 56.5 Å². The molecule has 6 heteroatoms. The fraction of sp³-hybridized carbons (Fsp3) is 0.731. The zero-order chi connectivity index (χ0) is 22.5. The summed E-state index contributed by atoms with van der Waals surface area (Å²) < 4.78 is 18.8. The number of rotatable bonds is 6. The first-order chi connectivity index (χ1) is 15.3. The average molecular weight is 439 g/mol. The first-order valence-electron chi connectivity index (χ1n) is 12.6. The van der Waals surface area contributed by atoms with Gasteiger partial charge in [0.1, 0.15) is 0 Å². The summed E-state index contributed by atoms with van der Waals surface area (Å²) in [5.41, 5.74) is 2.39. The first-order valence-corrected chi connectivity index (χ1v) is 12.6. The van der Waals surface area contributed by atoms with E-state index < -0.39 is 7.12 Å². The molecule has 174 valence electrons. The predicted molar refractivity (Wildman–Crippen MR) is 125 cm³/mol. The first kappa shape index (κ1) is 22.3. The van der Waals surface area contributed by atoms with E-state index >= 15 is 0 Å². The molecule has 6 rings (SSSR count). The largest absolute Gasteiger partial charge is 0.482 e. The predicted octanol–water partition coefficient (Wildman–Crippen LogP) is 5.09. The molecule has 4 saturated carbocycles. The maximum absolute atomic E-state index is 12.7. The van der Waals surface area contributed by atoms with E-state index in [4.69, 9.17) is 14.0 Å². The Morgan fingerprint density at radius 3 is 2.59 bits per heavy atom. The number of nitrogens with one attached hydrogen (secondary N) is 1. The van der Waals surface area contributed by atoms with Crippen molar-refractivity contribution in [3.63, 3.8) is 0 Å². The number of hydrogen-bond donors (Lipinski definition) is 1. The molecule has 0 spiro atoms. The minimum Gasteiger partial charge on any atom is -0.449 e. The highest BCUT2D eigenvalue weighted by Crippen LogP contribution is 2.65. The van der Waals surface area contributed by atoms with Gasteiger partial charge in [-0.05, 0) is 74.7 Å². The second kappa shape index (κ2) is 8.36. The van der Waals surface area contributed by atoms with E-state index in [1.165, 1.54) is 24.8 Å². The van der Waals surface area contributed by atoms with Crippen molar-refractivity contribution in [2.45, 2.75) is 90.3 Å². The lowest BCUT2D eigenvalue weighted by atomic mass is 9.43. The standard InChI is InChI=1S/C26H38BNO4/c1-17-9-11-18(12-10-17)13-23(28-24(29)30-16-19-7-5-6-8-19)27-31-22-15-20-14-21(25(20,2)3)26(22,4)32-27/h9-12,19-23H,5-8,13-16H2,1-4H3,(H,28,29)/t20-,21-,22+,23-,26-/m0/s1. The number of hydrogen-bond acceptors (Lipinski definition) is 4. The zero-order valence-electron chi connectivity index (χ0n) is 20.1. The van der Waals surface area contributed by atoms with E-state index in [0.29, 0.717) is 36.2 Å². The molecule has 1 amide bonds. The van der Waals surface area contributed by atoms with Gasteiger partial charge in [-0.15, -0.1) is 0 Å². The summed E-state index contributed by atoms with van der Waals surface area (Å²) in [6.45, 7) is 9.55. The minimum atomic E-state index is -0.458. The molecule has 5 aliphatic rings. The second-order valence-electron chi connectivity index (χ2n) is 11.5. The van der Waals surface area contributed by atoms with E-state index in [0.717, 1.165) is 24.8 Å². The summed E-state index contributed by atoms with van der Waals surface area (Å²) in [6, 6.07) is 8.47. The molecule has 1 aliphatic heterocycles. The molecule has 1 saturated heterocycles. The van der Waals surface area contributed by atoms with E-state index in [1.807, 2.05) is 0 Å². The maximum atomic E-state index is 12.7. The zero-order valence-corrected chi connectivity index (χ0v) is 20.1. The summed E-state index contributed by atoms with van der Waals surface area (Å²) in [7, 11) is -0.458. The summed E-state index contributed by atoms with van der Waals surface area (Å²) in [5, 5.41) is 3.11. The van der Waals surface area contributed by atoms with E-state index in [9.17, 15) is 4.79 Å². The van der Waals surface area contributed by atoms with Gasteiger partial charge in [0, 0.05) is 0 Å². The highest BCUT2D eigenvalue weighted by molar-refractivity contribution is 6.47. The molecule has 5 nitrogen and oxygen atoms in total. The molecule has 0 aromatic heterocycles. The number of benzene rings is 1. The van der Waals surface area contributed by atoms with Crippen LogP contribution in [0, 0.1) is 30.1 Å². The minimum absolute atomic E-state index is 0.0982. The molecule has 1 heterocycles. The Morgan fingerprint density at radius 2 is 1.91 bits per heavy atom. The molecule has 1 N–H and O–H groups in total. The van der Waals surface area contributed by atoms with Gasteiger partial charge in [-0.2, -0.15) is 0 Å². The van der Waals surface area contributed by atoms with Gasteiger partial charge >= 0.3 is 13.2 Å². The lowest BCUT2D eigenvalue weighted by Gasteiger charge is -2.64. The SMILES string of the molecule is Cc1ccc(C[C@H](NC(=O)OCC2CCCC2)B2O[C@@H]3C[C@@H]4C[C@@H](C4(C)C)[C@]3(C)O2)cc1. The Balaban J connectivity index is 1.29. The van der Waals surface area contributed by atoms with Gasteiger partial charge in [-0.25, -0.2) is 4.79 Å². The lowest BCUT2D eigenvalue weighted by Crippen LogP contribution is -2.65. The van der Waals surface area contributed by atoms with Crippen molar-refractivity contribution in [2.24, 2.45) is 23.2 Å². The van der Waals surface area contributed by atoms with Crippen molar-refractivity contribution in [3.05, 3.63) is 35.4 Å². The Kier molecular flexibility index (Phi) is 5.82. The highest BCUT2D eigenvalue weighted by Gasteiger charge is 2.68. The van der Waals surface area contributed by atoms with Crippen LogP contribution in [0.3, 0.4) is 0 Å². The maximum Gasteiger partial charge on any atom is 0.482 e. The number of carbonyl (C=O) groups excluding carboxylic acids is 1. The quantitative estimate of drug-likeness (QED) is 0.628. The van der Waals surface area contributed by atoms with Gasteiger partial charge in [0.05, 0.1) is 24.3 Å². The molecule has 5 atom stereocenters. The highest BCUT2D eigenvalue weighted by atomic mass is 16.7. The Morgan fingerprint density at radius 1 is 1.19 bits per heavy atom. The summed E-state index contributed by atoms with van der Waals surface area (Å²) >= 11 is 0. The van der Waals surface area contributed by atoms with Gasteiger partial charge in [-0.3, -0.25) is 0 Å². The normalized spacial score (nSPS) is 34.0. The molecular weight excluding hydrogens is 401 g/mol. The Labute approximate surface area is 193 Å². The summed E-state index contributed by atoms with van der Waals surface area (Å²) in [6.07, 6.45) is 7.47. The molecular formula is C26H38BNO4. The van der Waals surface area contributed by atoms with Crippen molar-refractivity contribution < 1.29 is 18.8 Å². The summed E-state index contributed by atoms with van der Waals surface area (Å²) in [4.78, 5) is 12.7. The second-order valence-corrected chi connectivity index (χ2v) is 11.5. The van der Waals surface area contributed by atoms with Crippen LogP contribution in [0.15, 0.2) is 24.3 Å². The molecule has 2 bridgehead atoms. The molecule has 4 aliphatic carbocycles. The van der Waals surface area contributed by atoms with Gasteiger partial charge in [0.25, 0.3) is 0 Å². The molecule has 32 heavy (non-hydrogen) atoms. The van der Waals surface area contributed by atoms with Gasteiger partial charge in [0.15, 0.2) is 0 Å². The topological polar surface area (TPSA) is 56.8 Å². The molecule has 1 aromatic carbocycles. The number of ether oxygens (including phenoxy) is 1.